The molecule has 2 N–H and O–H groups in total. The number of ether oxygens (including phenoxy) is 1. The summed E-state index contributed by atoms with van der Waals surface area (Å²) in [6, 6.07) is 4.08. The van der Waals surface area contributed by atoms with E-state index in [4.69, 9.17) is 4.74 Å². The number of aliphatic hydroxyl groups is 1. The Labute approximate surface area is 219 Å². The highest BCUT2D eigenvalue weighted by atomic mass is 16.5. The maximum atomic E-state index is 14.7. The summed E-state index contributed by atoms with van der Waals surface area (Å²) in [6.45, 7) is 15.2. The Bertz CT molecular complexity index is 1100. The quantitative estimate of drug-likeness (QED) is 0.492. The maximum absolute atomic E-state index is 14.7. The van der Waals surface area contributed by atoms with Gasteiger partial charge in [0.25, 0.3) is 5.91 Å². The van der Waals surface area contributed by atoms with E-state index in [9.17, 15) is 24.6 Å². The number of benzene rings is 1. The van der Waals surface area contributed by atoms with Crippen LogP contribution in [0.2, 0.25) is 0 Å². The van der Waals surface area contributed by atoms with Crippen LogP contribution in [0.3, 0.4) is 0 Å². The van der Waals surface area contributed by atoms with Gasteiger partial charge in [0.1, 0.15) is 17.6 Å². The van der Waals surface area contributed by atoms with Crippen LogP contribution in [-0.2, 0) is 19.1 Å². The summed E-state index contributed by atoms with van der Waals surface area (Å²) in [5, 5.41) is 20.7. The molecule has 2 bridgehead atoms. The van der Waals surface area contributed by atoms with Gasteiger partial charge in [-0.1, -0.05) is 51.5 Å². The molecule has 1 aromatic carbocycles. The van der Waals surface area contributed by atoms with E-state index in [2.05, 4.69) is 6.58 Å². The van der Waals surface area contributed by atoms with Gasteiger partial charge in [-0.25, -0.2) is 0 Å². The minimum absolute atomic E-state index is 0.110. The number of para-hydroxylation sites is 1. The molecule has 0 aromatic heterocycles. The molecule has 3 heterocycles. The van der Waals surface area contributed by atoms with Gasteiger partial charge in [0.15, 0.2) is 0 Å². The zero-order valence-corrected chi connectivity index (χ0v) is 22.7. The summed E-state index contributed by atoms with van der Waals surface area (Å²) in [6.07, 6.45) is 2.72. The average Bonchev–Trinajstić information content (AvgIpc) is 3.35. The highest BCUT2D eigenvalue weighted by molar-refractivity contribution is 6.05. The number of carboxylic acids is 1. The normalized spacial score (nSPS) is 33.8. The number of carbonyl (C=O) groups is 3. The van der Waals surface area contributed by atoms with Gasteiger partial charge in [-0.3, -0.25) is 14.4 Å². The number of rotatable bonds is 9. The zero-order valence-electron chi connectivity index (χ0n) is 22.7. The van der Waals surface area contributed by atoms with E-state index in [1.54, 1.807) is 17.9 Å². The topological polar surface area (TPSA) is 107 Å². The van der Waals surface area contributed by atoms with Crippen molar-refractivity contribution < 1.29 is 29.3 Å². The number of aliphatic carboxylic acids is 1. The minimum atomic E-state index is -1.29. The lowest BCUT2D eigenvalue weighted by molar-refractivity contribution is -0.158. The summed E-state index contributed by atoms with van der Waals surface area (Å²) in [7, 11) is 0. The first-order chi connectivity index (χ1) is 17.4. The molecule has 8 atom stereocenters. The minimum Gasteiger partial charge on any atom is -0.481 e. The lowest BCUT2D eigenvalue weighted by Gasteiger charge is -2.41. The van der Waals surface area contributed by atoms with Crippen molar-refractivity contribution in [3.8, 4) is 0 Å². The Balaban J connectivity index is 1.94. The van der Waals surface area contributed by atoms with Crippen molar-refractivity contribution in [3.63, 3.8) is 0 Å². The molecule has 3 unspecified atom stereocenters. The Kier molecular flexibility index (Phi) is 7.05. The van der Waals surface area contributed by atoms with Gasteiger partial charge in [0.05, 0.1) is 24.2 Å². The number of aryl methyl sites for hydroxylation is 2. The van der Waals surface area contributed by atoms with Crippen LogP contribution in [0.25, 0.3) is 0 Å². The third-order valence-electron chi connectivity index (χ3n) is 9.38. The van der Waals surface area contributed by atoms with E-state index in [0.29, 0.717) is 12.8 Å². The van der Waals surface area contributed by atoms with Crippen molar-refractivity contribution >= 4 is 23.5 Å². The van der Waals surface area contributed by atoms with Gasteiger partial charge >= 0.3 is 5.97 Å². The molecule has 1 spiro atoms. The second kappa shape index (κ2) is 9.55. The predicted molar refractivity (Wildman–Crippen MR) is 140 cm³/mol. The highest BCUT2D eigenvalue weighted by Gasteiger charge is 2.80. The number of nitrogens with zero attached hydrogens (tertiary/aromatic N) is 2. The van der Waals surface area contributed by atoms with E-state index in [1.165, 1.54) is 4.90 Å². The number of likely N-dealkylation sites (tertiary alicyclic amines) is 1. The Hall–Kier alpha value is -2.71. The third kappa shape index (κ3) is 3.75. The second-order valence-corrected chi connectivity index (χ2v) is 11.4. The SMILES string of the molecule is C=CCN(C(=O)C1N([C@@H](CO)[C@@H](C)CC)C(=O)[C@@H]2[C@H](C(=O)O)[C@@]3(C)OC12CC3C)c1c(C)cccc1C. The van der Waals surface area contributed by atoms with Gasteiger partial charge in [-0.2, -0.15) is 0 Å². The highest BCUT2D eigenvalue weighted by Crippen LogP contribution is 2.65. The van der Waals surface area contributed by atoms with Gasteiger partial charge in [0, 0.05) is 12.2 Å². The maximum Gasteiger partial charge on any atom is 0.310 e. The van der Waals surface area contributed by atoms with Gasteiger partial charge < -0.3 is 24.7 Å². The molecule has 0 radical (unpaired) electrons. The fourth-order valence-electron chi connectivity index (χ4n) is 7.30. The summed E-state index contributed by atoms with van der Waals surface area (Å²) in [5.41, 5.74) is 0.194. The fourth-order valence-corrected chi connectivity index (χ4v) is 7.30. The summed E-state index contributed by atoms with van der Waals surface area (Å²) in [4.78, 5) is 44.6. The van der Waals surface area contributed by atoms with Crippen LogP contribution >= 0.6 is 0 Å². The number of anilines is 1. The van der Waals surface area contributed by atoms with Gasteiger partial charge in [0.2, 0.25) is 5.91 Å². The Morgan fingerprint density at radius 1 is 1.32 bits per heavy atom. The van der Waals surface area contributed by atoms with E-state index < -0.39 is 47.0 Å². The lowest BCUT2D eigenvalue weighted by atomic mass is 9.62. The molecule has 2 amide bonds. The van der Waals surface area contributed by atoms with Crippen LogP contribution < -0.4 is 4.90 Å². The summed E-state index contributed by atoms with van der Waals surface area (Å²) in [5.74, 6) is -4.20. The molecule has 0 aliphatic carbocycles. The van der Waals surface area contributed by atoms with Crippen LogP contribution in [0.1, 0.15) is 51.7 Å². The van der Waals surface area contributed by atoms with Crippen LogP contribution in [0, 0.1) is 37.5 Å². The Morgan fingerprint density at radius 3 is 2.46 bits per heavy atom. The van der Waals surface area contributed by atoms with Gasteiger partial charge in [-0.05, 0) is 50.2 Å². The summed E-state index contributed by atoms with van der Waals surface area (Å²) >= 11 is 0. The molecular formula is C29H40N2O6. The molecular weight excluding hydrogens is 472 g/mol. The predicted octanol–water partition coefficient (Wildman–Crippen LogP) is 3.32. The first-order valence-electron chi connectivity index (χ1n) is 13.3. The van der Waals surface area contributed by atoms with E-state index in [-0.39, 0.29) is 30.9 Å². The molecule has 3 fully saturated rings. The van der Waals surface area contributed by atoms with E-state index >= 15 is 0 Å². The fraction of sp³-hybridized carbons (Fsp3) is 0.621. The van der Waals surface area contributed by atoms with Crippen molar-refractivity contribution in [3.05, 3.63) is 42.0 Å². The molecule has 4 rings (SSSR count). The molecule has 3 aliphatic heterocycles. The molecule has 3 aliphatic rings. The number of amides is 2. The van der Waals surface area contributed by atoms with Crippen LogP contribution in [0.15, 0.2) is 30.9 Å². The molecule has 3 saturated heterocycles. The monoisotopic (exact) mass is 512 g/mol. The molecule has 202 valence electrons. The number of carbonyl (C=O) groups excluding carboxylic acids is 2. The summed E-state index contributed by atoms with van der Waals surface area (Å²) < 4.78 is 6.63. The van der Waals surface area contributed by atoms with E-state index in [1.807, 2.05) is 52.8 Å². The number of hydrogen-bond donors (Lipinski definition) is 2. The number of hydrogen-bond acceptors (Lipinski definition) is 5. The van der Waals surface area contributed by atoms with Crippen molar-refractivity contribution in [2.45, 2.75) is 77.7 Å². The number of aliphatic hydroxyl groups excluding tert-OH is 1. The molecule has 0 saturated carbocycles. The largest absolute Gasteiger partial charge is 0.481 e. The van der Waals surface area contributed by atoms with Crippen molar-refractivity contribution in [1.82, 2.24) is 4.90 Å². The zero-order chi connectivity index (χ0) is 27.4. The van der Waals surface area contributed by atoms with Crippen LogP contribution in [0.4, 0.5) is 5.69 Å². The van der Waals surface area contributed by atoms with Crippen LogP contribution in [-0.4, -0.2) is 69.3 Å². The van der Waals surface area contributed by atoms with E-state index in [0.717, 1.165) is 16.8 Å². The number of fused-ring (bicyclic) bond motifs is 1. The smallest absolute Gasteiger partial charge is 0.310 e. The first-order valence-corrected chi connectivity index (χ1v) is 13.3. The number of carboxylic acid groups (broad SMARTS) is 1. The standard InChI is InChI=1S/C29H40N2O6/c1-8-13-30(23-17(4)11-10-12-18(23)5)26(34)24-29-14-19(6)28(7,37-29)22(27(35)36)21(29)25(33)31(24)20(15-32)16(3)9-2/h8,10-12,16,19-22,24,32H,1,9,13-15H2,2-7H3,(H,35,36)/t16-,19?,20-,21-,22+,24?,28-,29?/m0/s1. The lowest BCUT2D eigenvalue weighted by Crippen LogP contribution is -2.60. The van der Waals surface area contributed by atoms with Crippen molar-refractivity contribution in [2.75, 3.05) is 18.1 Å². The molecule has 8 nitrogen and oxygen atoms in total. The first kappa shape index (κ1) is 27.3. The second-order valence-electron chi connectivity index (χ2n) is 11.4. The molecule has 8 heteroatoms. The van der Waals surface area contributed by atoms with Crippen molar-refractivity contribution in [1.29, 1.82) is 0 Å². The Morgan fingerprint density at radius 2 is 1.95 bits per heavy atom. The average molecular weight is 513 g/mol. The van der Waals surface area contributed by atoms with Crippen molar-refractivity contribution in [2.24, 2.45) is 23.7 Å². The van der Waals surface area contributed by atoms with Gasteiger partial charge in [-0.15, -0.1) is 6.58 Å². The third-order valence-corrected chi connectivity index (χ3v) is 9.38. The molecule has 37 heavy (non-hydrogen) atoms. The van der Waals surface area contributed by atoms with Crippen LogP contribution in [0.5, 0.6) is 0 Å². The molecule has 1 aromatic rings.